The summed E-state index contributed by atoms with van der Waals surface area (Å²) >= 11 is 0. The summed E-state index contributed by atoms with van der Waals surface area (Å²) in [6.07, 6.45) is 6.29. The Balaban J connectivity index is 1.60. The van der Waals surface area contributed by atoms with E-state index >= 15 is 0 Å². The summed E-state index contributed by atoms with van der Waals surface area (Å²) in [5, 5.41) is 8.82. The smallest absolute Gasteiger partial charge is 0.222 e. The zero-order chi connectivity index (χ0) is 15.8. The molecule has 0 aromatic heterocycles. The zero-order valence-electron chi connectivity index (χ0n) is 14.2. The molecule has 0 bridgehead atoms. The molecular weight excluding hydrogens is 278 g/mol. The topological polar surface area (TPSA) is 47.0 Å². The minimum Gasteiger partial charge on any atom is -0.396 e. The van der Waals surface area contributed by atoms with Gasteiger partial charge in [0.2, 0.25) is 5.91 Å². The van der Waals surface area contributed by atoms with Gasteiger partial charge in [-0.15, -0.1) is 0 Å². The highest BCUT2D eigenvalue weighted by Crippen LogP contribution is 2.20. The fraction of sp³-hybridized carbons (Fsp3) is 0.941. The third-order valence-corrected chi connectivity index (χ3v) is 5.10. The number of unbranched alkanes of at least 4 members (excludes halogenated alkanes) is 1. The van der Waals surface area contributed by atoms with E-state index in [-0.39, 0.29) is 6.61 Å². The lowest BCUT2D eigenvalue weighted by Gasteiger charge is -2.35. The van der Waals surface area contributed by atoms with Crippen LogP contribution in [0, 0.1) is 5.92 Å². The van der Waals surface area contributed by atoms with Crippen LogP contribution in [0.15, 0.2) is 0 Å². The van der Waals surface area contributed by atoms with Gasteiger partial charge in [0, 0.05) is 45.8 Å². The summed E-state index contributed by atoms with van der Waals surface area (Å²) in [7, 11) is 2.18. The Hall–Kier alpha value is -0.650. The van der Waals surface area contributed by atoms with Crippen LogP contribution in [-0.2, 0) is 4.79 Å². The molecule has 2 aliphatic heterocycles. The molecule has 1 amide bonds. The first-order valence-electron chi connectivity index (χ1n) is 8.98. The number of piperidine rings is 1. The second kappa shape index (κ2) is 9.48. The monoisotopic (exact) mass is 311 g/mol. The maximum atomic E-state index is 12.4. The van der Waals surface area contributed by atoms with Crippen molar-refractivity contribution in [2.24, 2.45) is 5.92 Å². The third-order valence-electron chi connectivity index (χ3n) is 5.10. The molecule has 22 heavy (non-hydrogen) atoms. The molecule has 2 heterocycles. The van der Waals surface area contributed by atoms with Crippen LogP contribution in [0.2, 0.25) is 0 Å². The van der Waals surface area contributed by atoms with Crippen molar-refractivity contribution in [1.29, 1.82) is 0 Å². The van der Waals surface area contributed by atoms with Crippen LogP contribution < -0.4 is 0 Å². The van der Waals surface area contributed by atoms with Crippen LogP contribution in [-0.4, -0.2) is 85.2 Å². The summed E-state index contributed by atoms with van der Waals surface area (Å²) < 4.78 is 0. The van der Waals surface area contributed by atoms with E-state index in [1.54, 1.807) is 0 Å². The van der Waals surface area contributed by atoms with Gasteiger partial charge in [-0.2, -0.15) is 0 Å². The maximum absolute atomic E-state index is 12.4. The molecule has 5 nitrogen and oxygen atoms in total. The van der Waals surface area contributed by atoms with Gasteiger partial charge in [0.15, 0.2) is 0 Å². The molecule has 1 N–H and O–H groups in total. The molecular formula is C17H33N3O2. The fourth-order valence-corrected chi connectivity index (χ4v) is 3.66. The van der Waals surface area contributed by atoms with Crippen molar-refractivity contribution < 1.29 is 9.90 Å². The highest BCUT2D eigenvalue weighted by atomic mass is 16.2. The van der Waals surface area contributed by atoms with Gasteiger partial charge in [0.1, 0.15) is 0 Å². The van der Waals surface area contributed by atoms with Gasteiger partial charge in [0.05, 0.1) is 0 Å². The molecule has 5 heteroatoms. The Kier molecular flexibility index (Phi) is 7.63. The summed E-state index contributed by atoms with van der Waals surface area (Å²) in [4.78, 5) is 19.2. The number of piperazine rings is 1. The Bertz CT molecular complexity index is 330. The number of aliphatic hydroxyl groups excluding tert-OH is 1. The lowest BCUT2D eigenvalue weighted by Crippen LogP contribution is -2.49. The van der Waals surface area contributed by atoms with E-state index in [0.29, 0.717) is 11.8 Å². The Morgan fingerprint density at radius 3 is 2.59 bits per heavy atom. The number of carbonyl (C=O) groups is 1. The number of hydrogen-bond acceptors (Lipinski definition) is 4. The Morgan fingerprint density at radius 1 is 1.14 bits per heavy atom. The quantitative estimate of drug-likeness (QED) is 0.713. The van der Waals surface area contributed by atoms with Crippen LogP contribution in [0.3, 0.4) is 0 Å². The van der Waals surface area contributed by atoms with Crippen LogP contribution in [0.4, 0.5) is 0 Å². The third kappa shape index (κ3) is 5.86. The molecule has 128 valence electrons. The largest absolute Gasteiger partial charge is 0.396 e. The highest BCUT2D eigenvalue weighted by molar-refractivity contribution is 5.76. The number of aliphatic hydroxyl groups is 1. The predicted molar refractivity (Wildman–Crippen MR) is 88.8 cm³/mol. The van der Waals surface area contributed by atoms with E-state index in [9.17, 15) is 4.79 Å². The summed E-state index contributed by atoms with van der Waals surface area (Å²) in [6.45, 7) is 7.44. The lowest BCUT2D eigenvalue weighted by molar-refractivity contribution is -0.133. The molecule has 2 aliphatic rings. The summed E-state index contributed by atoms with van der Waals surface area (Å²) in [5.74, 6) is 1.06. The molecule has 0 unspecified atom stereocenters. The number of nitrogens with zero attached hydrogens (tertiary/aromatic N) is 3. The van der Waals surface area contributed by atoms with Gasteiger partial charge in [-0.05, 0) is 58.2 Å². The molecule has 2 fully saturated rings. The molecule has 0 saturated carbocycles. The number of carbonyl (C=O) groups excluding carboxylic acids is 1. The summed E-state index contributed by atoms with van der Waals surface area (Å²) in [6, 6.07) is 0. The van der Waals surface area contributed by atoms with Gasteiger partial charge in [-0.3, -0.25) is 9.69 Å². The molecule has 2 saturated heterocycles. The van der Waals surface area contributed by atoms with Gasteiger partial charge < -0.3 is 14.9 Å². The predicted octanol–water partition coefficient (Wildman–Crippen LogP) is 1.03. The van der Waals surface area contributed by atoms with E-state index in [0.717, 1.165) is 65.0 Å². The standard InChI is InChI=1S/C17H33N3O2/c1-18-8-4-5-16(15-18)6-7-17(22)20-12-10-19(11-13-20)9-2-3-14-21/h16,21H,2-15H2,1H3/t16-/m1/s1. The van der Waals surface area contributed by atoms with Crippen molar-refractivity contribution in [2.45, 2.75) is 38.5 Å². The van der Waals surface area contributed by atoms with E-state index < -0.39 is 0 Å². The van der Waals surface area contributed by atoms with E-state index in [4.69, 9.17) is 5.11 Å². The van der Waals surface area contributed by atoms with Crippen LogP contribution in [0.25, 0.3) is 0 Å². The number of hydrogen-bond donors (Lipinski definition) is 1. The minimum atomic E-state index is 0.287. The average molecular weight is 311 g/mol. The number of rotatable bonds is 7. The van der Waals surface area contributed by atoms with Crippen molar-refractivity contribution in [1.82, 2.24) is 14.7 Å². The van der Waals surface area contributed by atoms with Crippen LogP contribution in [0.1, 0.15) is 38.5 Å². The Labute approximate surface area is 135 Å². The van der Waals surface area contributed by atoms with Crippen LogP contribution in [0.5, 0.6) is 0 Å². The normalized spacial score (nSPS) is 24.6. The van der Waals surface area contributed by atoms with Crippen molar-refractivity contribution in [3.63, 3.8) is 0 Å². The van der Waals surface area contributed by atoms with Gasteiger partial charge >= 0.3 is 0 Å². The molecule has 0 aromatic rings. The zero-order valence-corrected chi connectivity index (χ0v) is 14.2. The second-order valence-electron chi connectivity index (χ2n) is 6.96. The highest BCUT2D eigenvalue weighted by Gasteiger charge is 2.23. The second-order valence-corrected chi connectivity index (χ2v) is 6.96. The van der Waals surface area contributed by atoms with E-state index in [1.807, 2.05) is 0 Å². The van der Waals surface area contributed by atoms with Crippen molar-refractivity contribution >= 4 is 5.91 Å². The van der Waals surface area contributed by atoms with Crippen molar-refractivity contribution in [3.8, 4) is 0 Å². The van der Waals surface area contributed by atoms with Crippen molar-refractivity contribution in [3.05, 3.63) is 0 Å². The molecule has 2 rings (SSSR count). The van der Waals surface area contributed by atoms with Gasteiger partial charge in [-0.1, -0.05) is 0 Å². The molecule has 0 spiro atoms. The maximum Gasteiger partial charge on any atom is 0.222 e. The SMILES string of the molecule is CN1CCC[C@H](CCC(=O)N2CCN(CCCCO)CC2)C1. The van der Waals surface area contributed by atoms with E-state index in [1.165, 1.54) is 19.4 Å². The fourth-order valence-electron chi connectivity index (χ4n) is 3.66. The lowest BCUT2D eigenvalue weighted by atomic mass is 9.93. The van der Waals surface area contributed by atoms with Crippen molar-refractivity contribution in [2.75, 3.05) is 59.5 Å². The number of likely N-dealkylation sites (tertiary alicyclic amines) is 1. The molecule has 0 aromatic carbocycles. The van der Waals surface area contributed by atoms with Gasteiger partial charge in [0.25, 0.3) is 0 Å². The van der Waals surface area contributed by atoms with Gasteiger partial charge in [-0.25, -0.2) is 0 Å². The number of amides is 1. The van der Waals surface area contributed by atoms with E-state index in [2.05, 4.69) is 21.7 Å². The molecule has 0 aliphatic carbocycles. The first-order chi connectivity index (χ1) is 10.7. The molecule has 1 atom stereocenters. The average Bonchev–Trinajstić information content (AvgIpc) is 2.54. The Morgan fingerprint density at radius 2 is 1.91 bits per heavy atom. The van der Waals surface area contributed by atoms with Crippen LogP contribution >= 0.6 is 0 Å². The summed E-state index contributed by atoms with van der Waals surface area (Å²) in [5.41, 5.74) is 0. The minimum absolute atomic E-state index is 0.287. The first-order valence-corrected chi connectivity index (χ1v) is 8.98. The molecule has 0 radical (unpaired) electrons. The first kappa shape index (κ1) is 17.7.